The van der Waals surface area contributed by atoms with Crippen molar-refractivity contribution in [3.05, 3.63) is 35.4 Å². The smallest absolute Gasteiger partial charge is 0.0683 e. The van der Waals surface area contributed by atoms with Crippen LogP contribution in [0, 0.1) is 0 Å². The summed E-state index contributed by atoms with van der Waals surface area (Å²) in [6.45, 7) is 5.91. The van der Waals surface area contributed by atoms with Gasteiger partial charge in [-0.05, 0) is 24.1 Å². The van der Waals surface area contributed by atoms with E-state index in [9.17, 15) is 0 Å². The third kappa shape index (κ3) is 1.69. The monoisotopic (exact) mass is 190 g/mol. The lowest BCUT2D eigenvalue weighted by atomic mass is 10.0. The predicted octanol–water partition coefficient (Wildman–Crippen LogP) is 2.17. The number of rotatable bonds is 1. The Morgan fingerprint density at radius 1 is 1.31 bits per heavy atom. The van der Waals surface area contributed by atoms with Crippen LogP contribution in [0.5, 0.6) is 0 Å². The molecule has 1 radical (unpaired) electrons. The van der Waals surface area contributed by atoms with Gasteiger partial charge < -0.3 is 5.32 Å². The van der Waals surface area contributed by atoms with Crippen LogP contribution in [0.4, 0.5) is 0 Å². The van der Waals surface area contributed by atoms with Crippen molar-refractivity contribution in [1.82, 2.24) is 5.32 Å². The molecule has 69 valence electrons. The number of benzene rings is 1. The Labute approximate surface area is 81.8 Å². The third-order valence-corrected chi connectivity index (χ3v) is 4.36. The van der Waals surface area contributed by atoms with E-state index in [0.717, 1.165) is 6.54 Å². The Morgan fingerprint density at radius 2 is 2.08 bits per heavy atom. The van der Waals surface area contributed by atoms with Gasteiger partial charge >= 0.3 is 0 Å². The summed E-state index contributed by atoms with van der Waals surface area (Å²) in [6.07, 6.45) is 1.20. The molecule has 0 saturated heterocycles. The van der Waals surface area contributed by atoms with Gasteiger partial charge in [-0.15, -0.1) is 0 Å². The molecule has 1 nitrogen and oxygen atoms in total. The van der Waals surface area contributed by atoms with Crippen molar-refractivity contribution in [1.29, 1.82) is 0 Å². The molecule has 2 rings (SSSR count). The molecule has 0 saturated carbocycles. The molecule has 1 heterocycles. The maximum Gasteiger partial charge on any atom is 0.0683 e. The van der Waals surface area contributed by atoms with Gasteiger partial charge in [-0.3, -0.25) is 0 Å². The molecule has 2 heteroatoms. The molecular weight excluding hydrogens is 174 g/mol. The highest BCUT2D eigenvalue weighted by molar-refractivity contribution is 6.57. The molecule has 13 heavy (non-hydrogen) atoms. The van der Waals surface area contributed by atoms with Gasteiger partial charge in [0.15, 0.2) is 0 Å². The summed E-state index contributed by atoms with van der Waals surface area (Å²) in [5.41, 5.74) is 3.76. The molecule has 1 N–H and O–H groups in total. The maximum absolute atomic E-state index is 3.62. The lowest BCUT2D eigenvalue weighted by Crippen LogP contribution is -2.37. The first-order valence-corrected chi connectivity index (χ1v) is 7.48. The highest BCUT2D eigenvalue weighted by Gasteiger charge is 2.22. The summed E-state index contributed by atoms with van der Waals surface area (Å²) in [7, 11) is -0.258. The number of hydrogen-bond donors (Lipinski definition) is 1. The standard InChI is InChI=1S/C11H16NSi/c1-13(2)11-10-6-4-3-5-9(10)7-8-12-11/h3-6,11-12H,7-8H2,1-2H3. The Kier molecular flexibility index (Phi) is 2.51. The SMILES string of the molecule is C[Si](C)C1NCCc2ccccc21. The summed E-state index contributed by atoms with van der Waals surface area (Å²) in [5.74, 6) is 0. The van der Waals surface area contributed by atoms with E-state index in [1.54, 1.807) is 11.1 Å². The van der Waals surface area contributed by atoms with Crippen molar-refractivity contribution in [2.45, 2.75) is 25.2 Å². The van der Waals surface area contributed by atoms with Gasteiger partial charge in [0.1, 0.15) is 0 Å². The van der Waals surface area contributed by atoms with Gasteiger partial charge in [0.2, 0.25) is 0 Å². The number of fused-ring (bicyclic) bond motifs is 1. The van der Waals surface area contributed by atoms with E-state index >= 15 is 0 Å². The quantitative estimate of drug-likeness (QED) is 0.669. The minimum Gasteiger partial charge on any atom is -0.312 e. The van der Waals surface area contributed by atoms with Crippen molar-refractivity contribution < 1.29 is 0 Å². The molecule has 0 aromatic heterocycles. The summed E-state index contributed by atoms with van der Waals surface area (Å²) < 4.78 is 0. The fourth-order valence-electron chi connectivity index (χ4n) is 2.02. The largest absolute Gasteiger partial charge is 0.312 e. The molecule has 1 aliphatic rings. The second-order valence-corrected chi connectivity index (χ2v) is 6.65. The molecule has 0 fully saturated rings. The topological polar surface area (TPSA) is 12.0 Å². The van der Waals surface area contributed by atoms with Crippen LogP contribution >= 0.6 is 0 Å². The summed E-state index contributed by atoms with van der Waals surface area (Å²) in [4.78, 5) is 0. The highest BCUT2D eigenvalue weighted by Crippen LogP contribution is 2.24. The van der Waals surface area contributed by atoms with E-state index in [0.29, 0.717) is 5.67 Å². The summed E-state index contributed by atoms with van der Waals surface area (Å²) in [5, 5.41) is 3.62. The zero-order chi connectivity index (χ0) is 9.26. The van der Waals surface area contributed by atoms with Crippen LogP contribution in [0.1, 0.15) is 16.8 Å². The zero-order valence-electron chi connectivity index (χ0n) is 8.30. The Bertz CT molecular complexity index is 296. The molecule has 1 atom stereocenters. The lowest BCUT2D eigenvalue weighted by Gasteiger charge is -2.29. The Morgan fingerprint density at radius 3 is 2.85 bits per heavy atom. The maximum atomic E-state index is 3.62. The van der Waals surface area contributed by atoms with Gasteiger partial charge in [0.25, 0.3) is 0 Å². The van der Waals surface area contributed by atoms with Crippen LogP contribution in [-0.2, 0) is 6.42 Å². The zero-order valence-corrected chi connectivity index (χ0v) is 9.30. The fraction of sp³-hybridized carbons (Fsp3) is 0.455. The highest BCUT2D eigenvalue weighted by atomic mass is 28.3. The van der Waals surface area contributed by atoms with Crippen molar-refractivity contribution >= 4 is 8.80 Å². The van der Waals surface area contributed by atoms with Gasteiger partial charge in [-0.1, -0.05) is 37.4 Å². The van der Waals surface area contributed by atoms with Crippen molar-refractivity contribution in [3.8, 4) is 0 Å². The molecule has 0 spiro atoms. The van der Waals surface area contributed by atoms with E-state index in [1.807, 2.05) is 0 Å². The Balaban J connectivity index is 2.37. The molecule has 1 unspecified atom stereocenters. The van der Waals surface area contributed by atoms with E-state index in [1.165, 1.54) is 6.42 Å². The van der Waals surface area contributed by atoms with Crippen LogP contribution in [0.25, 0.3) is 0 Å². The average molecular weight is 190 g/mol. The van der Waals surface area contributed by atoms with Crippen LogP contribution in [0.3, 0.4) is 0 Å². The average Bonchev–Trinajstić information content (AvgIpc) is 2.17. The van der Waals surface area contributed by atoms with Crippen LogP contribution in [0.2, 0.25) is 13.1 Å². The second kappa shape index (κ2) is 3.64. The first-order chi connectivity index (χ1) is 6.29. The van der Waals surface area contributed by atoms with E-state index in [-0.39, 0.29) is 8.80 Å². The van der Waals surface area contributed by atoms with Crippen molar-refractivity contribution in [2.75, 3.05) is 6.54 Å². The van der Waals surface area contributed by atoms with Gasteiger partial charge in [-0.2, -0.15) is 0 Å². The third-order valence-electron chi connectivity index (χ3n) is 2.69. The normalized spacial score (nSPS) is 21.6. The van der Waals surface area contributed by atoms with Crippen LogP contribution < -0.4 is 5.32 Å². The molecule has 1 aromatic rings. The number of hydrogen-bond acceptors (Lipinski definition) is 1. The minimum absolute atomic E-state index is 0.258. The molecule has 0 amide bonds. The first kappa shape index (κ1) is 8.97. The van der Waals surface area contributed by atoms with Crippen molar-refractivity contribution in [2.24, 2.45) is 0 Å². The predicted molar refractivity (Wildman–Crippen MR) is 58.4 cm³/mol. The summed E-state index contributed by atoms with van der Waals surface area (Å²) in [6, 6.07) is 8.86. The lowest BCUT2D eigenvalue weighted by molar-refractivity contribution is 0.612. The molecule has 0 bridgehead atoms. The fourth-order valence-corrected chi connectivity index (χ4v) is 3.48. The molecule has 0 aliphatic carbocycles. The van der Waals surface area contributed by atoms with Gasteiger partial charge in [0, 0.05) is 5.67 Å². The number of nitrogens with one attached hydrogen (secondary N) is 1. The second-order valence-electron chi connectivity index (χ2n) is 3.91. The van der Waals surface area contributed by atoms with Crippen LogP contribution in [-0.4, -0.2) is 15.3 Å². The van der Waals surface area contributed by atoms with Gasteiger partial charge in [0.05, 0.1) is 8.80 Å². The van der Waals surface area contributed by atoms with Gasteiger partial charge in [-0.25, -0.2) is 0 Å². The molecule has 1 aromatic carbocycles. The van der Waals surface area contributed by atoms with E-state index in [4.69, 9.17) is 0 Å². The van der Waals surface area contributed by atoms with E-state index in [2.05, 4.69) is 42.7 Å². The van der Waals surface area contributed by atoms with Crippen LogP contribution in [0.15, 0.2) is 24.3 Å². The Hall–Kier alpha value is -0.603. The molecule has 1 aliphatic heterocycles. The van der Waals surface area contributed by atoms with Crippen molar-refractivity contribution in [3.63, 3.8) is 0 Å². The first-order valence-electron chi connectivity index (χ1n) is 4.90. The van der Waals surface area contributed by atoms with E-state index < -0.39 is 0 Å². The molecular formula is C11H16NSi. The summed E-state index contributed by atoms with van der Waals surface area (Å²) >= 11 is 0. The minimum atomic E-state index is -0.258.